The molecule has 0 saturated heterocycles. The van der Waals surface area contributed by atoms with E-state index in [1.807, 2.05) is 37.5 Å². The van der Waals surface area contributed by atoms with Crippen molar-refractivity contribution in [1.29, 1.82) is 0 Å². The van der Waals surface area contributed by atoms with Crippen LogP contribution in [0.25, 0.3) is 0 Å². The minimum atomic E-state index is -2.53. The van der Waals surface area contributed by atoms with Crippen molar-refractivity contribution in [2.24, 2.45) is 0 Å². The highest BCUT2D eigenvalue weighted by molar-refractivity contribution is 7.07. The zero-order valence-electron chi connectivity index (χ0n) is 13.2. The number of hydrogen-bond acceptors (Lipinski definition) is 1. The summed E-state index contributed by atoms with van der Waals surface area (Å²) in [5.41, 5.74) is 0. The molecule has 0 heterocycles. The van der Waals surface area contributed by atoms with Crippen molar-refractivity contribution in [2.75, 3.05) is 0 Å². The molecular formula is C21H20OSi. The molecule has 0 saturated carbocycles. The molecule has 0 bridgehead atoms. The highest BCUT2D eigenvalue weighted by Crippen LogP contribution is 2.10. The molecule has 0 N–H and O–H groups in total. The quantitative estimate of drug-likeness (QED) is 0.399. The zero-order valence-corrected chi connectivity index (χ0v) is 14.2. The molecule has 3 rings (SSSR count). The smallest absolute Gasteiger partial charge is 0.346 e. The van der Waals surface area contributed by atoms with Gasteiger partial charge in [-0.2, -0.15) is 0 Å². The van der Waals surface area contributed by atoms with E-state index in [9.17, 15) is 0 Å². The van der Waals surface area contributed by atoms with Gasteiger partial charge in [0.15, 0.2) is 0 Å². The average molecular weight is 316 g/mol. The summed E-state index contributed by atoms with van der Waals surface area (Å²) in [4.78, 5) is 0. The molecule has 114 valence electrons. The van der Waals surface area contributed by atoms with Crippen LogP contribution in [0.3, 0.4) is 0 Å². The number of benzene rings is 3. The Morgan fingerprint density at radius 3 is 1.26 bits per heavy atom. The number of hydrogen-bond donors (Lipinski definition) is 0. The lowest BCUT2D eigenvalue weighted by atomic mass is 10.3. The van der Waals surface area contributed by atoms with E-state index in [1.165, 1.54) is 15.6 Å². The van der Waals surface area contributed by atoms with Crippen LogP contribution in [0, 0.1) is 0 Å². The van der Waals surface area contributed by atoms with E-state index in [2.05, 4.69) is 72.8 Å². The average Bonchev–Trinajstić information content (AvgIpc) is 2.65. The Morgan fingerprint density at radius 1 is 0.609 bits per heavy atom. The summed E-state index contributed by atoms with van der Waals surface area (Å²) in [7, 11) is -2.53. The summed E-state index contributed by atoms with van der Waals surface area (Å²) in [6.07, 6.45) is 3.79. The molecule has 0 unspecified atom stereocenters. The van der Waals surface area contributed by atoms with E-state index < -0.39 is 8.32 Å². The Morgan fingerprint density at radius 2 is 0.957 bits per heavy atom. The topological polar surface area (TPSA) is 9.23 Å². The Balaban J connectivity index is 2.30. The van der Waals surface area contributed by atoms with Gasteiger partial charge in [-0.25, -0.2) is 0 Å². The van der Waals surface area contributed by atoms with Crippen LogP contribution in [0.1, 0.15) is 6.92 Å². The van der Waals surface area contributed by atoms with Gasteiger partial charge in [-0.15, -0.1) is 0 Å². The van der Waals surface area contributed by atoms with Crippen molar-refractivity contribution in [2.45, 2.75) is 6.92 Å². The van der Waals surface area contributed by atoms with Gasteiger partial charge in [-0.05, 0) is 22.5 Å². The third-order valence-electron chi connectivity index (χ3n) is 3.92. The Hall–Kier alpha value is -2.58. The second-order valence-electron chi connectivity index (χ2n) is 5.37. The van der Waals surface area contributed by atoms with E-state index >= 15 is 0 Å². The fourth-order valence-electron chi connectivity index (χ4n) is 2.89. The van der Waals surface area contributed by atoms with E-state index in [4.69, 9.17) is 4.43 Å². The molecule has 3 aromatic carbocycles. The number of allylic oxidation sites excluding steroid dienone is 1. The van der Waals surface area contributed by atoms with Gasteiger partial charge < -0.3 is 4.43 Å². The molecule has 23 heavy (non-hydrogen) atoms. The molecule has 0 spiro atoms. The first-order valence-electron chi connectivity index (χ1n) is 7.83. The lowest BCUT2D eigenvalue weighted by molar-refractivity contribution is 0.496. The molecule has 1 nitrogen and oxygen atoms in total. The van der Waals surface area contributed by atoms with Gasteiger partial charge in [0.05, 0.1) is 6.26 Å². The van der Waals surface area contributed by atoms with Crippen LogP contribution in [0.5, 0.6) is 0 Å². The van der Waals surface area contributed by atoms with Gasteiger partial charge in [0, 0.05) is 0 Å². The van der Waals surface area contributed by atoms with Crippen LogP contribution in [0.4, 0.5) is 0 Å². The lowest BCUT2D eigenvalue weighted by Crippen LogP contribution is -2.68. The fourth-order valence-corrected chi connectivity index (χ4v) is 6.63. The largest absolute Gasteiger partial charge is 0.537 e. The van der Waals surface area contributed by atoms with Gasteiger partial charge in [0.1, 0.15) is 0 Å². The van der Waals surface area contributed by atoms with E-state index in [-0.39, 0.29) is 0 Å². The Kier molecular flexibility index (Phi) is 4.74. The summed E-state index contributed by atoms with van der Waals surface area (Å²) < 4.78 is 6.50. The van der Waals surface area contributed by atoms with Crippen molar-refractivity contribution in [3.8, 4) is 0 Å². The molecule has 2 heteroatoms. The van der Waals surface area contributed by atoms with Crippen LogP contribution in [-0.4, -0.2) is 8.32 Å². The van der Waals surface area contributed by atoms with E-state index in [1.54, 1.807) is 0 Å². The van der Waals surface area contributed by atoms with Crippen molar-refractivity contribution >= 4 is 23.9 Å². The van der Waals surface area contributed by atoms with Crippen molar-refractivity contribution in [3.63, 3.8) is 0 Å². The second kappa shape index (κ2) is 7.12. The minimum absolute atomic E-state index is 1.25. The summed E-state index contributed by atoms with van der Waals surface area (Å²) in [5.74, 6) is 0. The maximum absolute atomic E-state index is 6.50. The van der Waals surface area contributed by atoms with Crippen LogP contribution < -0.4 is 15.6 Å². The normalized spacial score (nSPS) is 11.5. The van der Waals surface area contributed by atoms with Crippen LogP contribution in [0.15, 0.2) is 103 Å². The maximum Gasteiger partial charge on any atom is 0.346 e. The molecule has 0 amide bonds. The Labute approximate surface area is 139 Å². The third-order valence-corrected chi connectivity index (χ3v) is 7.85. The van der Waals surface area contributed by atoms with Crippen LogP contribution in [-0.2, 0) is 4.43 Å². The molecule has 0 aromatic heterocycles. The molecule has 0 atom stereocenters. The zero-order chi connectivity index (χ0) is 16.0. The highest BCUT2D eigenvalue weighted by Gasteiger charge is 2.42. The standard InChI is InChI=1S/C21H20OSi/c1-2-18-22-23(19-12-6-3-7-13-19,20-14-8-4-9-15-20)21-16-10-5-11-17-21/h2-18H,1H3. The summed E-state index contributed by atoms with van der Waals surface area (Å²) >= 11 is 0. The molecule has 0 fully saturated rings. The van der Waals surface area contributed by atoms with Crippen LogP contribution in [0.2, 0.25) is 0 Å². The predicted octanol–water partition coefficient (Wildman–Crippen LogP) is 3.20. The summed E-state index contributed by atoms with van der Waals surface area (Å²) in [5, 5.41) is 3.74. The van der Waals surface area contributed by atoms with Gasteiger partial charge in [-0.1, -0.05) is 97.1 Å². The molecule has 0 aliphatic heterocycles. The van der Waals surface area contributed by atoms with Crippen LogP contribution >= 0.6 is 0 Å². The van der Waals surface area contributed by atoms with Crippen molar-refractivity contribution < 1.29 is 4.43 Å². The second-order valence-corrected chi connectivity index (χ2v) is 8.70. The van der Waals surface area contributed by atoms with Gasteiger partial charge >= 0.3 is 8.32 Å². The molecule has 0 aliphatic rings. The van der Waals surface area contributed by atoms with Crippen molar-refractivity contribution in [3.05, 3.63) is 103 Å². The van der Waals surface area contributed by atoms with E-state index in [0.717, 1.165) is 0 Å². The molecule has 0 aliphatic carbocycles. The minimum Gasteiger partial charge on any atom is -0.537 e. The SMILES string of the molecule is CC=CO[Si](c1ccccc1)(c1ccccc1)c1ccccc1. The number of rotatable bonds is 5. The van der Waals surface area contributed by atoms with Gasteiger partial charge in [0.2, 0.25) is 0 Å². The first kappa shape index (κ1) is 15.3. The highest BCUT2D eigenvalue weighted by atomic mass is 28.4. The third kappa shape index (κ3) is 2.99. The van der Waals surface area contributed by atoms with Gasteiger partial charge in [-0.3, -0.25) is 0 Å². The summed E-state index contributed by atoms with van der Waals surface area (Å²) in [6, 6.07) is 31.7. The molecular weight excluding hydrogens is 296 g/mol. The molecule has 3 aromatic rings. The van der Waals surface area contributed by atoms with Crippen molar-refractivity contribution in [1.82, 2.24) is 0 Å². The first-order valence-corrected chi connectivity index (χ1v) is 9.74. The fraction of sp³-hybridized carbons (Fsp3) is 0.0476. The molecule has 0 radical (unpaired) electrons. The Bertz CT molecular complexity index is 655. The van der Waals surface area contributed by atoms with Gasteiger partial charge in [0.25, 0.3) is 0 Å². The maximum atomic E-state index is 6.50. The summed E-state index contributed by atoms with van der Waals surface area (Å²) in [6.45, 7) is 1.99. The van der Waals surface area contributed by atoms with E-state index in [0.29, 0.717) is 0 Å². The predicted molar refractivity (Wildman–Crippen MR) is 99.9 cm³/mol. The lowest BCUT2D eigenvalue weighted by Gasteiger charge is -2.31. The first-order chi connectivity index (χ1) is 11.4. The monoisotopic (exact) mass is 316 g/mol.